The number of hydrogen-bond donors (Lipinski definition) is 4. The van der Waals surface area contributed by atoms with Crippen molar-refractivity contribution in [3.05, 3.63) is 88.6 Å². The second-order valence-electron chi connectivity index (χ2n) is 7.60. The molecule has 0 saturated heterocycles. The van der Waals surface area contributed by atoms with Crippen molar-refractivity contribution in [2.45, 2.75) is 23.3 Å². The summed E-state index contributed by atoms with van der Waals surface area (Å²) in [5, 5.41) is 16.8. The van der Waals surface area contributed by atoms with E-state index >= 15 is 0 Å². The molecule has 1 aromatic heterocycles. The molecule has 2 heterocycles. The zero-order chi connectivity index (χ0) is 26.2. The summed E-state index contributed by atoms with van der Waals surface area (Å²) in [6.07, 6.45) is 7.00. The first-order chi connectivity index (χ1) is 18.0. The first-order valence-corrected chi connectivity index (χ1v) is 12.9. The molecule has 0 radical (unpaired) electrons. The summed E-state index contributed by atoms with van der Waals surface area (Å²) in [6, 6.07) is 12.6. The zero-order valence-corrected chi connectivity index (χ0v) is 21.4. The lowest BCUT2D eigenvalue weighted by Crippen LogP contribution is -2.22. The minimum absolute atomic E-state index is 0.208. The third-order valence-corrected chi connectivity index (χ3v) is 7.13. The van der Waals surface area contributed by atoms with Crippen LogP contribution in [0.15, 0.2) is 82.4 Å². The minimum atomic E-state index is -0.483. The molecule has 0 fully saturated rings. The first kappa shape index (κ1) is 25.9. The second kappa shape index (κ2) is 12.2. The van der Waals surface area contributed by atoms with Crippen LogP contribution in [0.2, 0.25) is 0 Å². The number of allylic oxidation sites excluding steroid dienone is 2. The summed E-state index contributed by atoms with van der Waals surface area (Å²) in [7, 11) is 0. The van der Waals surface area contributed by atoms with Crippen LogP contribution in [0, 0.1) is 5.41 Å². The summed E-state index contributed by atoms with van der Waals surface area (Å²) in [5.74, 6) is -0.967. The number of amides is 2. The monoisotopic (exact) mass is 533 g/mol. The number of ether oxygens (including phenoxy) is 1. The highest BCUT2D eigenvalue weighted by Crippen LogP contribution is 2.39. The zero-order valence-electron chi connectivity index (χ0n) is 19.7. The van der Waals surface area contributed by atoms with Crippen LogP contribution in [-0.4, -0.2) is 35.6 Å². The predicted molar refractivity (Wildman–Crippen MR) is 145 cm³/mol. The number of anilines is 2. The van der Waals surface area contributed by atoms with Gasteiger partial charge in [-0.25, -0.2) is 9.78 Å². The maximum atomic E-state index is 12.8. The van der Waals surface area contributed by atoms with Crippen molar-refractivity contribution in [1.29, 1.82) is 5.41 Å². The van der Waals surface area contributed by atoms with Gasteiger partial charge in [-0.3, -0.25) is 9.59 Å². The fourth-order valence-corrected chi connectivity index (χ4v) is 5.00. The van der Waals surface area contributed by atoms with E-state index in [0.717, 1.165) is 20.9 Å². The number of carbonyl (C=O) groups excluding carboxylic acids is 3. The Morgan fingerprint density at radius 1 is 1.16 bits per heavy atom. The fraction of sp³-hybridized carbons (Fsp3) is 0.115. The van der Waals surface area contributed by atoms with Gasteiger partial charge in [0.1, 0.15) is 0 Å². The van der Waals surface area contributed by atoms with E-state index in [1.54, 1.807) is 37.5 Å². The molecule has 0 atom stereocenters. The van der Waals surface area contributed by atoms with Gasteiger partial charge in [0.15, 0.2) is 5.13 Å². The maximum Gasteiger partial charge on any atom is 0.330 e. The van der Waals surface area contributed by atoms with Crippen LogP contribution in [-0.2, 0) is 16.1 Å². The van der Waals surface area contributed by atoms with Crippen molar-refractivity contribution in [3.63, 3.8) is 0 Å². The van der Waals surface area contributed by atoms with Crippen molar-refractivity contribution in [2.75, 3.05) is 17.2 Å². The summed E-state index contributed by atoms with van der Waals surface area (Å²) in [4.78, 5) is 43.6. The Bertz CT molecular complexity index is 1410. The number of aromatic nitrogens is 1. The topological polar surface area (TPSA) is 133 Å². The van der Waals surface area contributed by atoms with Gasteiger partial charge in [-0.15, -0.1) is 0 Å². The van der Waals surface area contributed by atoms with Gasteiger partial charge in [0, 0.05) is 50.5 Å². The SMILES string of the molecule is CCOC(=O)/C=C/C(C=N)=C/Nc1ncc(CNC(=O)c2ccc3c(c2)NC(=O)c2ccccc2S3)s1. The molecule has 0 aliphatic carbocycles. The average Bonchev–Trinajstić information content (AvgIpc) is 3.30. The molecule has 9 nitrogen and oxygen atoms in total. The third-order valence-electron chi connectivity index (χ3n) is 5.05. The molecule has 0 spiro atoms. The summed E-state index contributed by atoms with van der Waals surface area (Å²) < 4.78 is 4.82. The lowest BCUT2D eigenvalue weighted by molar-refractivity contribution is -0.137. The van der Waals surface area contributed by atoms with Crippen LogP contribution >= 0.6 is 23.1 Å². The normalized spacial score (nSPS) is 12.7. The highest BCUT2D eigenvalue weighted by molar-refractivity contribution is 7.99. The third kappa shape index (κ3) is 6.72. The molecule has 0 bridgehead atoms. The summed E-state index contributed by atoms with van der Waals surface area (Å²) >= 11 is 2.82. The maximum absolute atomic E-state index is 12.8. The van der Waals surface area contributed by atoms with Crippen molar-refractivity contribution in [3.8, 4) is 0 Å². The molecule has 4 rings (SSSR count). The highest BCUT2D eigenvalue weighted by Gasteiger charge is 2.20. The lowest BCUT2D eigenvalue weighted by Gasteiger charge is -2.09. The van der Waals surface area contributed by atoms with E-state index < -0.39 is 5.97 Å². The number of rotatable bonds is 9. The molecule has 188 valence electrons. The predicted octanol–water partition coefficient (Wildman–Crippen LogP) is 4.85. The molecular formula is C26H23N5O4S2. The van der Waals surface area contributed by atoms with Crippen LogP contribution in [0.25, 0.3) is 0 Å². The van der Waals surface area contributed by atoms with Gasteiger partial charge < -0.3 is 26.1 Å². The van der Waals surface area contributed by atoms with Crippen LogP contribution in [0.5, 0.6) is 0 Å². The van der Waals surface area contributed by atoms with Gasteiger partial charge in [-0.2, -0.15) is 0 Å². The van der Waals surface area contributed by atoms with Gasteiger partial charge >= 0.3 is 5.97 Å². The number of fused-ring (bicyclic) bond motifs is 2. The standard InChI is InChI=1S/C26H23N5O4S2/c1-2-35-23(32)10-7-16(12-27)13-29-26-30-15-18(36-26)14-28-24(33)17-8-9-22-20(11-17)31-25(34)19-5-3-4-6-21(19)37-22/h3-13,15,27H,2,14H2,1H3,(H,28,33)(H,29,30)(H,31,34)/b10-7+,16-13-,27-12?. The Morgan fingerprint density at radius 3 is 2.81 bits per heavy atom. The first-order valence-electron chi connectivity index (χ1n) is 11.2. The van der Waals surface area contributed by atoms with E-state index in [1.807, 2.05) is 24.3 Å². The Morgan fingerprint density at radius 2 is 2.00 bits per heavy atom. The van der Waals surface area contributed by atoms with E-state index in [9.17, 15) is 14.4 Å². The molecule has 4 N–H and O–H groups in total. The Kier molecular flexibility index (Phi) is 8.49. The van der Waals surface area contributed by atoms with Crippen LogP contribution in [0.3, 0.4) is 0 Å². The number of carbonyl (C=O) groups is 3. The Hall–Kier alpha value is -4.22. The average molecular weight is 534 g/mol. The molecular weight excluding hydrogens is 510 g/mol. The van der Waals surface area contributed by atoms with Crippen LogP contribution < -0.4 is 16.0 Å². The van der Waals surface area contributed by atoms with E-state index in [1.165, 1.54) is 35.3 Å². The molecule has 2 aromatic carbocycles. The Labute approximate surface area is 221 Å². The van der Waals surface area contributed by atoms with Crippen LogP contribution in [0.1, 0.15) is 32.5 Å². The van der Waals surface area contributed by atoms with Gasteiger partial charge in [0.2, 0.25) is 0 Å². The van der Waals surface area contributed by atoms with Gasteiger partial charge in [0.25, 0.3) is 11.8 Å². The second-order valence-corrected chi connectivity index (χ2v) is 9.80. The highest BCUT2D eigenvalue weighted by atomic mass is 32.2. The number of hydrogen-bond acceptors (Lipinski definition) is 9. The minimum Gasteiger partial charge on any atom is -0.463 e. The summed E-state index contributed by atoms with van der Waals surface area (Å²) in [5.41, 5.74) is 2.07. The number of benzene rings is 2. The molecule has 0 unspecified atom stereocenters. The van der Waals surface area contributed by atoms with Crippen molar-refractivity contribution in [2.24, 2.45) is 0 Å². The van der Waals surface area contributed by atoms with E-state index in [0.29, 0.717) is 27.5 Å². The van der Waals surface area contributed by atoms with Gasteiger partial charge in [-0.1, -0.05) is 35.2 Å². The molecule has 1 aliphatic rings. The quantitative estimate of drug-likeness (QED) is 0.134. The molecule has 3 aromatic rings. The number of nitrogens with one attached hydrogen (secondary N) is 4. The molecule has 0 saturated carbocycles. The lowest BCUT2D eigenvalue weighted by atomic mass is 10.1. The van der Waals surface area contributed by atoms with E-state index in [2.05, 4.69) is 20.9 Å². The summed E-state index contributed by atoms with van der Waals surface area (Å²) in [6.45, 7) is 2.26. The van der Waals surface area contributed by atoms with Gasteiger partial charge in [-0.05, 0) is 43.3 Å². The van der Waals surface area contributed by atoms with Gasteiger partial charge in [0.05, 0.1) is 24.4 Å². The Balaban J connectivity index is 1.35. The van der Waals surface area contributed by atoms with Crippen molar-refractivity contribution in [1.82, 2.24) is 10.3 Å². The van der Waals surface area contributed by atoms with E-state index in [-0.39, 0.29) is 25.0 Å². The van der Waals surface area contributed by atoms with Crippen molar-refractivity contribution >= 4 is 57.9 Å². The molecule has 11 heteroatoms. The number of thiazole rings is 1. The molecule has 1 aliphatic heterocycles. The molecule has 37 heavy (non-hydrogen) atoms. The number of esters is 1. The largest absolute Gasteiger partial charge is 0.463 e. The fourth-order valence-electron chi connectivity index (χ4n) is 3.27. The van der Waals surface area contributed by atoms with Crippen molar-refractivity contribution < 1.29 is 19.1 Å². The molecule has 2 amide bonds. The van der Waals surface area contributed by atoms with E-state index in [4.69, 9.17) is 10.1 Å². The smallest absolute Gasteiger partial charge is 0.330 e. The van der Waals surface area contributed by atoms with Crippen LogP contribution in [0.4, 0.5) is 10.8 Å². The number of nitrogens with zero attached hydrogens (tertiary/aromatic N) is 1.